The van der Waals surface area contributed by atoms with Crippen LogP contribution < -0.4 is 10.6 Å². The van der Waals surface area contributed by atoms with E-state index >= 15 is 0 Å². The molecule has 0 atom stereocenters. The van der Waals surface area contributed by atoms with Gasteiger partial charge in [-0.15, -0.1) is 0 Å². The van der Waals surface area contributed by atoms with E-state index in [1.54, 1.807) is 11.0 Å². The molecule has 0 aliphatic carbocycles. The first kappa shape index (κ1) is 11.3. The van der Waals surface area contributed by atoms with Crippen molar-refractivity contribution in [2.24, 2.45) is 5.73 Å². The molecule has 0 radical (unpaired) electrons. The number of alkyl halides is 3. The summed E-state index contributed by atoms with van der Waals surface area (Å²) in [5, 5.41) is 0. The summed E-state index contributed by atoms with van der Waals surface area (Å²) in [6.45, 7) is 2.75. The maximum Gasteiger partial charge on any atom is 0.418 e. The van der Waals surface area contributed by atoms with Gasteiger partial charge in [0, 0.05) is 24.3 Å². The monoisotopic (exact) mass is 230 g/mol. The molecule has 2 nitrogen and oxygen atoms in total. The molecule has 1 aromatic carbocycles. The van der Waals surface area contributed by atoms with Crippen molar-refractivity contribution in [3.8, 4) is 0 Å². The van der Waals surface area contributed by atoms with Gasteiger partial charge in [-0.1, -0.05) is 12.1 Å². The van der Waals surface area contributed by atoms with Crippen molar-refractivity contribution in [1.29, 1.82) is 0 Å². The van der Waals surface area contributed by atoms with E-state index in [9.17, 15) is 13.2 Å². The molecule has 0 unspecified atom stereocenters. The summed E-state index contributed by atoms with van der Waals surface area (Å²) < 4.78 is 38.1. The van der Waals surface area contributed by atoms with Gasteiger partial charge in [-0.3, -0.25) is 0 Å². The molecule has 2 N–H and O–H groups in total. The number of para-hydroxylation sites is 1. The van der Waals surface area contributed by atoms with E-state index in [1.165, 1.54) is 12.1 Å². The van der Waals surface area contributed by atoms with Crippen LogP contribution in [-0.4, -0.2) is 18.6 Å². The number of rotatable bonds is 1. The van der Waals surface area contributed by atoms with Crippen LogP contribution in [0.4, 0.5) is 18.9 Å². The molecule has 5 heteroatoms. The molecule has 2 rings (SSSR count). The third-order valence-corrected chi connectivity index (χ3v) is 2.65. The molecule has 16 heavy (non-hydrogen) atoms. The topological polar surface area (TPSA) is 29.3 Å². The Kier molecular flexibility index (Phi) is 2.38. The second-order valence-corrected chi connectivity index (χ2v) is 4.53. The largest absolute Gasteiger partial charge is 0.418 e. The summed E-state index contributed by atoms with van der Waals surface area (Å²) in [4.78, 5) is 1.66. The van der Waals surface area contributed by atoms with E-state index < -0.39 is 11.7 Å². The van der Waals surface area contributed by atoms with Gasteiger partial charge < -0.3 is 10.6 Å². The fourth-order valence-corrected chi connectivity index (χ4v) is 1.99. The standard InChI is InChI=1S/C11H13F3N2/c1-10(15)6-16(7-10)9-5-3-2-4-8(9)11(12,13)14/h2-5H,6-7,15H2,1H3. The molecule has 0 aromatic heterocycles. The van der Waals surface area contributed by atoms with Crippen molar-refractivity contribution < 1.29 is 13.2 Å². The Morgan fingerprint density at radius 1 is 1.25 bits per heavy atom. The van der Waals surface area contributed by atoms with Gasteiger partial charge in [0.05, 0.1) is 5.56 Å². The van der Waals surface area contributed by atoms with Crippen LogP contribution in [0.25, 0.3) is 0 Å². The van der Waals surface area contributed by atoms with Gasteiger partial charge in [0.1, 0.15) is 0 Å². The maximum absolute atomic E-state index is 12.7. The molecule has 1 saturated heterocycles. The van der Waals surface area contributed by atoms with Gasteiger partial charge in [-0.25, -0.2) is 0 Å². The van der Waals surface area contributed by atoms with Crippen LogP contribution >= 0.6 is 0 Å². The number of benzene rings is 1. The van der Waals surface area contributed by atoms with Crippen LogP contribution in [-0.2, 0) is 6.18 Å². The molecule has 88 valence electrons. The second-order valence-electron chi connectivity index (χ2n) is 4.53. The fourth-order valence-electron chi connectivity index (χ4n) is 1.99. The number of anilines is 1. The van der Waals surface area contributed by atoms with E-state index in [1.807, 2.05) is 6.92 Å². The highest BCUT2D eigenvalue weighted by molar-refractivity contribution is 5.58. The second kappa shape index (κ2) is 3.38. The lowest BCUT2D eigenvalue weighted by molar-refractivity contribution is -0.137. The Morgan fingerprint density at radius 3 is 2.31 bits per heavy atom. The predicted molar refractivity (Wildman–Crippen MR) is 56.2 cm³/mol. The van der Waals surface area contributed by atoms with Crippen molar-refractivity contribution in [2.75, 3.05) is 18.0 Å². The molecule has 1 fully saturated rings. The van der Waals surface area contributed by atoms with Crippen LogP contribution in [0, 0.1) is 0 Å². The molecule has 1 heterocycles. The summed E-state index contributed by atoms with van der Waals surface area (Å²) in [6.07, 6.45) is -4.31. The molecule has 0 spiro atoms. The van der Waals surface area contributed by atoms with Crippen LogP contribution in [0.15, 0.2) is 24.3 Å². The summed E-state index contributed by atoms with van der Waals surface area (Å²) in [5.41, 5.74) is 5.04. The van der Waals surface area contributed by atoms with Crippen LogP contribution in [0.3, 0.4) is 0 Å². The number of halogens is 3. The molecule has 0 amide bonds. The lowest BCUT2D eigenvalue weighted by Gasteiger charge is -2.47. The van der Waals surface area contributed by atoms with E-state index in [-0.39, 0.29) is 11.2 Å². The van der Waals surface area contributed by atoms with E-state index in [0.29, 0.717) is 13.1 Å². The molecule has 1 aliphatic rings. The Labute approximate surface area is 91.8 Å². The van der Waals surface area contributed by atoms with Gasteiger partial charge in [0.2, 0.25) is 0 Å². The van der Waals surface area contributed by atoms with E-state index in [2.05, 4.69) is 0 Å². The Morgan fingerprint density at radius 2 is 1.81 bits per heavy atom. The minimum Gasteiger partial charge on any atom is -0.367 e. The zero-order valence-corrected chi connectivity index (χ0v) is 8.88. The van der Waals surface area contributed by atoms with Gasteiger partial charge in [0.25, 0.3) is 0 Å². The zero-order chi connectivity index (χ0) is 12.0. The smallest absolute Gasteiger partial charge is 0.367 e. The molecule has 1 aromatic rings. The van der Waals surface area contributed by atoms with Gasteiger partial charge in [0.15, 0.2) is 0 Å². The number of hydrogen-bond acceptors (Lipinski definition) is 2. The Hall–Kier alpha value is -1.23. The summed E-state index contributed by atoms with van der Waals surface area (Å²) in [7, 11) is 0. The van der Waals surface area contributed by atoms with Gasteiger partial charge in [-0.05, 0) is 19.1 Å². The Bertz CT molecular complexity index is 390. The molecule has 0 saturated carbocycles. The number of hydrogen-bond donors (Lipinski definition) is 1. The first-order valence-electron chi connectivity index (χ1n) is 5.00. The third kappa shape index (κ3) is 2.00. The summed E-state index contributed by atoms with van der Waals surface area (Å²) in [5.74, 6) is 0. The average Bonchev–Trinajstić information content (AvgIpc) is 2.12. The highest BCUT2D eigenvalue weighted by Gasteiger charge is 2.40. The number of nitrogens with two attached hydrogens (primary N) is 1. The predicted octanol–water partition coefficient (Wildman–Crippen LogP) is 2.24. The molecular weight excluding hydrogens is 217 g/mol. The Balaban J connectivity index is 2.29. The van der Waals surface area contributed by atoms with Crippen LogP contribution in [0.2, 0.25) is 0 Å². The minimum atomic E-state index is -4.31. The van der Waals surface area contributed by atoms with Crippen molar-refractivity contribution in [2.45, 2.75) is 18.6 Å². The normalized spacial score (nSPS) is 19.4. The van der Waals surface area contributed by atoms with Crippen molar-refractivity contribution in [3.63, 3.8) is 0 Å². The average molecular weight is 230 g/mol. The first-order valence-corrected chi connectivity index (χ1v) is 5.00. The van der Waals surface area contributed by atoms with Gasteiger partial charge in [-0.2, -0.15) is 13.2 Å². The fraction of sp³-hybridized carbons (Fsp3) is 0.455. The lowest BCUT2D eigenvalue weighted by Crippen LogP contribution is -2.65. The maximum atomic E-state index is 12.7. The van der Waals surface area contributed by atoms with Gasteiger partial charge >= 0.3 is 6.18 Å². The van der Waals surface area contributed by atoms with E-state index in [4.69, 9.17) is 5.73 Å². The SMILES string of the molecule is CC1(N)CN(c2ccccc2C(F)(F)F)C1. The van der Waals surface area contributed by atoms with Crippen molar-refractivity contribution in [1.82, 2.24) is 0 Å². The molecule has 0 bridgehead atoms. The molecular formula is C11H13F3N2. The lowest BCUT2D eigenvalue weighted by atomic mass is 9.92. The minimum absolute atomic E-state index is 0.220. The van der Waals surface area contributed by atoms with Crippen LogP contribution in [0.1, 0.15) is 12.5 Å². The summed E-state index contributed by atoms with van der Waals surface area (Å²) >= 11 is 0. The zero-order valence-electron chi connectivity index (χ0n) is 8.88. The third-order valence-electron chi connectivity index (χ3n) is 2.65. The quantitative estimate of drug-likeness (QED) is 0.801. The van der Waals surface area contributed by atoms with Crippen molar-refractivity contribution >= 4 is 5.69 Å². The summed E-state index contributed by atoms with van der Waals surface area (Å²) in [6, 6.07) is 5.59. The first-order chi connectivity index (χ1) is 7.30. The number of nitrogens with zero attached hydrogens (tertiary/aromatic N) is 1. The van der Waals surface area contributed by atoms with Crippen LogP contribution in [0.5, 0.6) is 0 Å². The highest BCUT2D eigenvalue weighted by Crippen LogP contribution is 2.38. The molecule has 1 aliphatic heterocycles. The highest BCUT2D eigenvalue weighted by atomic mass is 19.4. The van der Waals surface area contributed by atoms with Crippen molar-refractivity contribution in [3.05, 3.63) is 29.8 Å². The van der Waals surface area contributed by atoms with E-state index in [0.717, 1.165) is 6.07 Å².